The molecule has 2 aromatic carbocycles. The van der Waals surface area contributed by atoms with E-state index in [-0.39, 0.29) is 34.8 Å². The Kier molecular flexibility index (Phi) is 7.57. The van der Waals surface area contributed by atoms with E-state index in [0.29, 0.717) is 24.4 Å². The van der Waals surface area contributed by atoms with E-state index >= 15 is 0 Å². The molecule has 0 bridgehead atoms. The van der Waals surface area contributed by atoms with Gasteiger partial charge in [-0.15, -0.1) is 0 Å². The molecule has 1 heterocycles. The molecular weight excluding hydrogens is 431 g/mol. The van der Waals surface area contributed by atoms with Crippen LogP contribution in [0.4, 0.5) is 0 Å². The predicted octanol–water partition coefficient (Wildman–Crippen LogP) is 4.14. The van der Waals surface area contributed by atoms with E-state index in [1.807, 2.05) is 18.2 Å². The number of halogens is 2. The summed E-state index contributed by atoms with van der Waals surface area (Å²) in [7, 11) is -3.73. The molecule has 0 atom stereocenters. The molecule has 1 saturated heterocycles. The molecule has 2 aromatic rings. The zero-order chi connectivity index (χ0) is 20.9. The van der Waals surface area contributed by atoms with Gasteiger partial charge in [-0.3, -0.25) is 4.79 Å². The summed E-state index contributed by atoms with van der Waals surface area (Å²) in [5.74, 6) is -0.177. The molecule has 0 saturated carbocycles. The summed E-state index contributed by atoms with van der Waals surface area (Å²) in [6, 6.07) is 14.5. The van der Waals surface area contributed by atoms with Gasteiger partial charge in [-0.05, 0) is 49.4 Å². The first-order chi connectivity index (χ1) is 13.9. The third-order valence-corrected chi connectivity index (χ3v) is 7.74. The molecule has 1 amide bonds. The topological polar surface area (TPSA) is 66.5 Å². The number of piperidine rings is 1. The molecular formula is C21H24Cl2N2O3S. The fourth-order valence-corrected chi connectivity index (χ4v) is 5.67. The molecule has 0 aromatic heterocycles. The van der Waals surface area contributed by atoms with Crippen molar-refractivity contribution in [2.75, 3.05) is 19.6 Å². The van der Waals surface area contributed by atoms with Gasteiger partial charge in [-0.25, -0.2) is 8.42 Å². The Labute approximate surface area is 182 Å². The number of carbonyl (C=O) groups is 1. The molecule has 3 rings (SSSR count). The molecule has 156 valence electrons. The minimum absolute atomic E-state index is 0.00380. The molecule has 1 aliphatic rings. The number of rotatable bonds is 7. The average Bonchev–Trinajstić information content (AvgIpc) is 2.73. The normalized spacial score (nSPS) is 15.9. The lowest BCUT2D eigenvalue weighted by Crippen LogP contribution is -2.43. The van der Waals surface area contributed by atoms with Crippen LogP contribution >= 0.6 is 23.2 Å². The molecule has 29 heavy (non-hydrogen) atoms. The van der Waals surface area contributed by atoms with Crippen LogP contribution < -0.4 is 5.32 Å². The highest BCUT2D eigenvalue weighted by molar-refractivity contribution is 7.89. The van der Waals surface area contributed by atoms with Gasteiger partial charge in [-0.2, -0.15) is 4.31 Å². The molecule has 1 fully saturated rings. The Balaban J connectivity index is 1.48. The molecule has 0 aliphatic carbocycles. The van der Waals surface area contributed by atoms with E-state index in [0.717, 1.165) is 12.8 Å². The summed E-state index contributed by atoms with van der Waals surface area (Å²) in [5.41, 5.74) is 1.25. The monoisotopic (exact) mass is 454 g/mol. The van der Waals surface area contributed by atoms with E-state index in [2.05, 4.69) is 17.4 Å². The Hall–Kier alpha value is -1.60. The van der Waals surface area contributed by atoms with Gasteiger partial charge >= 0.3 is 0 Å². The Bertz CT molecular complexity index is 944. The fraction of sp³-hybridized carbons (Fsp3) is 0.381. The van der Waals surface area contributed by atoms with Crippen LogP contribution in [0.1, 0.15) is 24.8 Å². The lowest BCUT2D eigenvalue weighted by atomic mass is 9.97. The number of carbonyl (C=O) groups excluding carboxylic acids is 1. The first kappa shape index (κ1) is 22.1. The highest BCUT2D eigenvalue weighted by Crippen LogP contribution is 2.30. The van der Waals surface area contributed by atoms with E-state index in [1.54, 1.807) is 6.07 Å². The van der Waals surface area contributed by atoms with Crippen molar-refractivity contribution in [1.82, 2.24) is 9.62 Å². The second-order valence-corrected chi connectivity index (χ2v) is 9.88. The number of sulfonamides is 1. The van der Waals surface area contributed by atoms with Gasteiger partial charge in [-0.1, -0.05) is 53.5 Å². The molecule has 5 nitrogen and oxygen atoms in total. The SMILES string of the molecule is O=C(NCCCc1ccccc1)C1CCN(S(=O)(=O)c2cc(Cl)ccc2Cl)CC1. The maximum Gasteiger partial charge on any atom is 0.244 e. The number of hydrogen-bond acceptors (Lipinski definition) is 3. The van der Waals surface area contributed by atoms with Crippen LogP contribution in [0, 0.1) is 5.92 Å². The van der Waals surface area contributed by atoms with Crippen molar-refractivity contribution < 1.29 is 13.2 Å². The highest BCUT2D eigenvalue weighted by atomic mass is 35.5. The van der Waals surface area contributed by atoms with Gasteiger partial charge in [0.1, 0.15) is 4.90 Å². The van der Waals surface area contributed by atoms with Gasteiger partial charge in [0, 0.05) is 30.6 Å². The summed E-state index contributed by atoms with van der Waals surface area (Å²) < 4.78 is 27.1. The molecule has 1 aliphatic heterocycles. The summed E-state index contributed by atoms with van der Waals surface area (Å²) in [5, 5.41) is 3.44. The molecule has 0 radical (unpaired) electrons. The van der Waals surface area contributed by atoms with E-state index in [4.69, 9.17) is 23.2 Å². The fourth-order valence-electron chi connectivity index (χ4n) is 3.47. The maximum atomic E-state index is 12.9. The quantitative estimate of drug-likeness (QED) is 0.639. The van der Waals surface area contributed by atoms with E-state index in [9.17, 15) is 13.2 Å². The lowest BCUT2D eigenvalue weighted by molar-refractivity contribution is -0.126. The van der Waals surface area contributed by atoms with Crippen molar-refractivity contribution in [1.29, 1.82) is 0 Å². The number of hydrogen-bond donors (Lipinski definition) is 1. The molecule has 0 spiro atoms. The van der Waals surface area contributed by atoms with Crippen LogP contribution in [0.15, 0.2) is 53.4 Å². The maximum absolute atomic E-state index is 12.9. The Morgan fingerprint density at radius 3 is 2.45 bits per heavy atom. The number of benzene rings is 2. The molecule has 1 N–H and O–H groups in total. The van der Waals surface area contributed by atoms with Gasteiger partial charge in [0.2, 0.25) is 15.9 Å². The second kappa shape index (κ2) is 9.94. The summed E-state index contributed by atoms with van der Waals surface area (Å²) in [6.07, 6.45) is 2.76. The number of nitrogens with one attached hydrogen (secondary N) is 1. The number of aryl methyl sites for hydroxylation is 1. The standard InChI is InChI=1S/C21H24Cl2N2O3S/c22-18-8-9-19(23)20(15-18)29(27,28)25-13-10-17(11-14-25)21(26)24-12-4-7-16-5-2-1-3-6-16/h1-3,5-6,8-9,15,17H,4,7,10-14H2,(H,24,26). The van der Waals surface area contributed by atoms with Crippen LogP contribution in [-0.4, -0.2) is 38.3 Å². The largest absolute Gasteiger partial charge is 0.356 e. The zero-order valence-electron chi connectivity index (χ0n) is 16.0. The van der Waals surface area contributed by atoms with Crippen molar-refractivity contribution in [2.24, 2.45) is 5.92 Å². The molecule has 8 heteroatoms. The van der Waals surface area contributed by atoms with Crippen LogP contribution in [-0.2, 0) is 21.2 Å². The number of amides is 1. The third-order valence-electron chi connectivity index (χ3n) is 5.12. The predicted molar refractivity (Wildman–Crippen MR) is 116 cm³/mol. The van der Waals surface area contributed by atoms with Crippen LogP contribution in [0.5, 0.6) is 0 Å². The van der Waals surface area contributed by atoms with E-state index < -0.39 is 10.0 Å². The zero-order valence-corrected chi connectivity index (χ0v) is 18.3. The molecule has 0 unspecified atom stereocenters. The lowest BCUT2D eigenvalue weighted by Gasteiger charge is -2.30. The number of nitrogens with zero attached hydrogens (tertiary/aromatic N) is 1. The van der Waals surface area contributed by atoms with Crippen LogP contribution in [0.2, 0.25) is 10.0 Å². The van der Waals surface area contributed by atoms with E-state index in [1.165, 1.54) is 22.0 Å². The highest BCUT2D eigenvalue weighted by Gasteiger charge is 2.33. The van der Waals surface area contributed by atoms with Crippen molar-refractivity contribution in [2.45, 2.75) is 30.6 Å². The van der Waals surface area contributed by atoms with Gasteiger partial charge < -0.3 is 5.32 Å². The van der Waals surface area contributed by atoms with Gasteiger partial charge in [0.15, 0.2) is 0 Å². The summed E-state index contributed by atoms with van der Waals surface area (Å²) in [4.78, 5) is 12.4. The first-order valence-corrected chi connectivity index (χ1v) is 11.8. The Morgan fingerprint density at radius 1 is 1.07 bits per heavy atom. The Morgan fingerprint density at radius 2 is 1.76 bits per heavy atom. The van der Waals surface area contributed by atoms with Crippen molar-refractivity contribution in [3.05, 3.63) is 64.1 Å². The van der Waals surface area contributed by atoms with Crippen LogP contribution in [0.25, 0.3) is 0 Å². The summed E-state index contributed by atoms with van der Waals surface area (Å²) >= 11 is 12.0. The average molecular weight is 455 g/mol. The van der Waals surface area contributed by atoms with Gasteiger partial charge in [0.25, 0.3) is 0 Å². The van der Waals surface area contributed by atoms with Crippen molar-refractivity contribution in [3.63, 3.8) is 0 Å². The minimum atomic E-state index is -3.73. The third kappa shape index (κ3) is 5.72. The minimum Gasteiger partial charge on any atom is -0.356 e. The van der Waals surface area contributed by atoms with Crippen molar-refractivity contribution in [3.8, 4) is 0 Å². The van der Waals surface area contributed by atoms with Crippen molar-refractivity contribution >= 4 is 39.1 Å². The van der Waals surface area contributed by atoms with Gasteiger partial charge in [0.05, 0.1) is 5.02 Å². The van der Waals surface area contributed by atoms with Crippen LogP contribution in [0.3, 0.4) is 0 Å². The first-order valence-electron chi connectivity index (χ1n) is 9.65. The summed E-state index contributed by atoms with van der Waals surface area (Å²) in [6.45, 7) is 1.19. The second-order valence-electron chi connectivity index (χ2n) is 7.13. The smallest absolute Gasteiger partial charge is 0.244 e.